The average molecular weight is 547 g/mol. The highest BCUT2D eigenvalue weighted by Gasteiger charge is 2.38. The number of aliphatic hydroxyl groups excluding tert-OH is 1. The fourth-order valence-corrected chi connectivity index (χ4v) is 4.19. The lowest BCUT2D eigenvalue weighted by Crippen LogP contribution is -2.37. The average Bonchev–Trinajstić information content (AvgIpc) is 3.27. The standard InChI is InChI=1S/C25H37F3N4O6/c1-17-15-32(24(37)31-22(17)35)21-14-18(19(16-33)38-21)10-6-2-3-7-11-20(34)29-12-8-4-5-9-13-30-23(36)25(26,27)28/h2,6,15,18-19,21,33H,3-5,7-14,16H2,1H3,(H,29,34)(H,30,36)(H,31,35,37)/b6-2-/t18-,19+,21+/m0/s1. The van der Waals surface area contributed by atoms with Crippen LogP contribution in [0.4, 0.5) is 13.2 Å². The Morgan fingerprint density at radius 1 is 1.13 bits per heavy atom. The van der Waals surface area contributed by atoms with Crippen molar-refractivity contribution in [1.82, 2.24) is 20.2 Å². The van der Waals surface area contributed by atoms with Crippen molar-refractivity contribution in [3.63, 3.8) is 0 Å². The number of aromatic nitrogens is 2. The van der Waals surface area contributed by atoms with E-state index in [0.29, 0.717) is 63.5 Å². The van der Waals surface area contributed by atoms with E-state index in [2.05, 4.69) is 10.3 Å². The van der Waals surface area contributed by atoms with Crippen molar-refractivity contribution in [2.45, 2.75) is 83.2 Å². The van der Waals surface area contributed by atoms with Gasteiger partial charge in [-0.1, -0.05) is 25.0 Å². The summed E-state index contributed by atoms with van der Waals surface area (Å²) in [5, 5.41) is 14.3. The van der Waals surface area contributed by atoms with Crippen LogP contribution in [0.15, 0.2) is 27.9 Å². The smallest absolute Gasteiger partial charge is 0.394 e. The predicted molar refractivity (Wildman–Crippen MR) is 133 cm³/mol. The number of carbonyl (C=O) groups is 2. The van der Waals surface area contributed by atoms with Gasteiger partial charge in [0.2, 0.25) is 5.91 Å². The number of allylic oxidation sites excluding steroid dienone is 2. The van der Waals surface area contributed by atoms with E-state index in [9.17, 15) is 37.5 Å². The normalized spacial score (nSPS) is 19.7. The molecule has 2 amide bonds. The van der Waals surface area contributed by atoms with Gasteiger partial charge in [-0.05, 0) is 51.4 Å². The molecule has 0 aliphatic carbocycles. The van der Waals surface area contributed by atoms with E-state index in [4.69, 9.17) is 4.74 Å². The molecule has 214 valence electrons. The SMILES string of the molecule is Cc1cn([C@H]2C[C@H](C/C=C\CCCC(=O)NCCCCCCNC(=O)C(F)(F)F)[C@@H](CO)O2)c(=O)[nH]c1=O. The Labute approximate surface area is 218 Å². The Balaban J connectivity index is 1.56. The van der Waals surface area contributed by atoms with Crippen molar-refractivity contribution in [2.24, 2.45) is 5.92 Å². The van der Waals surface area contributed by atoms with Gasteiger partial charge >= 0.3 is 17.8 Å². The molecule has 1 aromatic heterocycles. The summed E-state index contributed by atoms with van der Waals surface area (Å²) in [5.41, 5.74) is -0.590. The summed E-state index contributed by atoms with van der Waals surface area (Å²) >= 11 is 0. The third-order valence-electron chi connectivity index (χ3n) is 6.35. The summed E-state index contributed by atoms with van der Waals surface area (Å²) in [4.78, 5) is 48.6. The molecule has 2 heterocycles. The van der Waals surface area contributed by atoms with Gasteiger partial charge < -0.3 is 20.5 Å². The molecule has 38 heavy (non-hydrogen) atoms. The number of amides is 2. The number of ether oxygens (including phenoxy) is 1. The fraction of sp³-hybridized carbons (Fsp3) is 0.680. The Bertz CT molecular complexity index is 1050. The monoisotopic (exact) mass is 546 g/mol. The quantitative estimate of drug-likeness (QED) is 0.196. The molecule has 0 radical (unpaired) electrons. The van der Waals surface area contributed by atoms with Crippen LogP contribution in [-0.4, -0.2) is 58.4 Å². The van der Waals surface area contributed by atoms with E-state index in [1.165, 1.54) is 10.8 Å². The number of alkyl halides is 3. The van der Waals surface area contributed by atoms with E-state index in [1.807, 2.05) is 17.5 Å². The van der Waals surface area contributed by atoms with Gasteiger partial charge in [0.05, 0.1) is 12.7 Å². The number of nitrogens with one attached hydrogen (secondary N) is 3. The van der Waals surface area contributed by atoms with E-state index in [-0.39, 0.29) is 25.0 Å². The maximum absolute atomic E-state index is 12.1. The molecular formula is C25H37F3N4O6. The number of carbonyl (C=O) groups excluding carboxylic acids is 2. The topological polar surface area (TPSA) is 143 Å². The van der Waals surface area contributed by atoms with E-state index < -0.39 is 35.7 Å². The molecule has 1 saturated heterocycles. The van der Waals surface area contributed by atoms with Gasteiger partial charge in [-0.25, -0.2) is 4.79 Å². The number of unbranched alkanes of at least 4 members (excludes halogenated alkanes) is 4. The lowest BCUT2D eigenvalue weighted by Gasteiger charge is -2.15. The number of aromatic amines is 1. The molecule has 3 atom stereocenters. The molecule has 1 aliphatic rings. The number of aryl methyl sites for hydroxylation is 1. The molecule has 1 fully saturated rings. The molecule has 13 heteroatoms. The number of hydrogen-bond acceptors (Lipinski definition) is 6. The Kier molecular flexibility index (Phi) is 12.7. The van der Waals surface area contributed by atoms with Gasteiger partial charge in [-0.2, -0.15) is 13.2 Å². The fourth-order valence-electron chi connectivity index (χ4n) is 4.19. The van der Waals surface area contributed by atoms with E-state index >= 15 is 0 Å². The Hall–Kier alpha value is -2.93. The Morgan fingerprint density at radius 2 is 1.82 bits per heavy atom. The first-order valence-corrected chi connectivity index (χ1v) is 12.9. The van der Waals surface area contributed by atoms with E-state index in [1.54, 1.807) is 6.92 Å². The van der Waals surface area contributed by atoms with Crippen LogP contribution in [-0.2, 0) is 14.3 Å². The molecule has 0 saturated carbocycles. The van der Waals surface area contributed by atoms with Crippen LogP contribution in [0.25, 0.3) is 0 Å². The summed E-state index contributed by atoms with van der Waals surface area (Å²) in [6, 6.07) is 0. The van der Waals surface area contributed by atoms with Gasteiger partial charge in [-0.15, -0.1) is 0 Å². The number of hydrogen-bond donors (Lipinski definition) is 4. The molecule has 1 aliphatic heterocycles. The molecule has 1 aromatic rings. The maximum Gasteiger partial charge on any atom is 0.471 e. The minimum Gasteiger partial charge on any atom is -0.394 e. The second-order valence-corrected chi connectivity index (χ2v) is 9.40. The van der Waals surface area contributed by atoms with Crippen molar-refractivity contribution in [1.29, 1.82) is 0 Å². The summed E-state index contributed by atoms with van der Waals surface area (Å²) in [6.45, 7) is 1.89. The van der Waals surface area contributed by atoms with Gasteiger partial charge in [0, 0.05) is 31.3 Å². The third kappa shape index (κ3) is 10.4. The van der Waals surface area contributed by atoms with Gasteiger partial charge in [0.1, 0.15) is 6.23 Å². The summed E-state index contributed by atoms with van der Waals surface area (Å²) in [6.07, 6.45) is 5.04. The zero-order chi connectivity index (χ0) is 28.1. The van der Waals surface area contributed by atoms with E-state index in [0.717, 1.165) is 6.42 Å². The van der Waals surface area contributed by atoms with Gasteiger partial charge in [-0.3, -0.25) is 23.9 Å². The summed E-state index contributed by atoms with van der Waals surface area (Å²) < 4.78 is 43.3. The molecule has 10 nitrogen and oxygen atoms in total. The first-order chi connectivity index (χ1) is 18.0. The minimum absolute atomic E-state index is 0.00425. The first kappa shape index (κ1) is 31.3. The zero-order valence-corrected chi connectivity index (χ0v) is 21.5. The largest absolute Gasteiger partial charge is 0.471 e. The van der Waals surface area contributed by atoms with Gasteiger partial charge in [0.25, 0.3) is 5.56 Å². The highest BCUT2D eigenvalue weighted by Crippen LogP contribution is 2.34. The number of H-pyrrole nitrogens is 1. The second kappa shape index (κ2) is 15.5. The van der Waals surface area contributed by atoms with Crippen LogP contribution >= 0.6 is 0 Å². The molecule has 0 unspecified atom stereocenters. The van der Waals surface area contributed by atoms with Crippen molar-refractivity contribution in [3.05, 3.63) is 44.8 Å². The number of aliphatic hydroxyl groups is 1. The molecule has 2 rings (SSSR count). The molecular weight excluding hydrogens is 509 g/mol. The lowest BCUT2D eigenvalue weighted by molar-refractivity contribution is -0.173. The van der Waals surface area contributed by atoms with Crippen molar-refractivity contribution >= 4 is 11.8 Å². The predicted octanol–water partition coefficient (Wildman–Crippen LogP) is 2.21. The first-order valence-electron chi connectivity index (χ1n) is 12.9. The molecule has 0 spiro atoms. The highest BCUT2D eigenvalue weighted by atomic mass is 19.4. The third-order valence-corrected chi connectivity index (χ3v) is 6.35. The lowest BCUT2D eigenvalue weighted by atomic mass is 9.96. The van der Waals surface area contributed by atoms with Crippen LogP contribution in [0, 0.1) is 12.8 Å². The summed E-state index contributed by atoms with van der Waals surface area (Å²) in [7, 11) is 0. The molecule has 4 N–H and O–H groups in total. The van der Waals surface area contributed by atoms with Crippen LogP contribution in [0.3, 0.4) is 0 Å². The van der Waals surface area contributed by atoms with Crippen molar-refractivity contribution in [2.75, 3.05) is 19.7 Å². The van der Waals surface area contributed by atoms with Crippen molar-refractivity contribution in [3.8, 4) is 0 Å². The highest BCUT2D eigenvalue weighted by molar-refractivity contribution is 5.81. The van der Waals surface area contributed by atoms with Crippen LogP contribution in [0.1, 0.15) is 69.6 Å². The number of halogens is 3. The van der Waals surface area contributed by atoms with Crippen LogP contribution in [0.5, 0.6) is 0 Å². The number of rotatable bonds is 15. The van der Waals surface area contributed by atoms with Gasteiger partial charge in [0.15, 0.2) is 0 Å². The zero-order valence-electron chi connectivity index (χ0n) is 21.5. The van der Waals surface area contributed by atoms with Crippen LogP contribution < -0.4 is 21.9 Å². The summed E-state index contributed by atoms with van der Waals surface area (Å²) in [5.74, 6) is -1.99. The van der Waals surface area contributed by atoms with Crippen LogP contribution in [0.2, 0.25) is 0 Å². The Morgan fingerprint density at radius 3 is 2.47 bits per heavy atom. The van der Waals surface area contributed by atoms with Crippen molar-refractivity contribution < 1.29 is 32.6 Å². The maximum atomic E-state index is 12.1. The number of nitrogens with zero attached hydrogens (tertiary/aromatic N) is 1. The molecule has 0 aromatic carbocycles. The second-order valence-electron chi connectivity index (χ2n) is 9.40. The minimum atomic E-state index is -4.85. The molecule has 0 bridgehead atoms.